The van der Waals surface area contributed by atoms with Crippen molar-refractivity contribution >= 4 is 0 Å². The van der Waals surface area contributed by atoms with Crippen LogP contribution in [0.25, 0.3) is 0 Å². The quantitative estimate of drug-likeness (QED) is 0.829. The Bertz CT molecular complexity index is 379. The minimum Gasteiger partial charge on any atom is -0.497 e. The molecule has 2 rings (SSSR count). The average Bonchev–Trinajstić information content (AvgIpc) is 2.26. The van der Waals surface area contributed by atoms with Crippen molar-refractivity contribution in [3.8, 4) is 5.75 Å². The van der Waals surface area contributed by atoms with Crippen LogP contribution in [-0.4, -0.2) is 12.6 Å². The zero-order valence-electron chi connectivity index (χ0n) is 10.4. The molecule has 2 heteroatoms. The summed E-state index contributed by atoms with van der Waals surface area (Å²) in [5.74, 6) is 1.55. The highest BCUT2D eigenvalue weighted by Crippen LogP contribution is 2.32. The normalized spacial score (nSPS) is 20.4. The molecule has 2 N–H and O–H groups in total. The molecule has 16 heavy (non-hydrogen) atoms. The van der Waals surface area contributed by atoms with Crippen LogP contribution in [0.15, 0.2) is 18.2 Å². The van der Waals surface area contributed by atoms with Crippen molar-refractivity contribution in [2.75, 3.05) is 7.11 Å². The van der Waals surface area contributed by atoms with E-state index in [1.54, 1.807) is 7.11 Å². The van der Waals surface area contributed by atoms with Crippen LogP contribution < -0.4 is 10.5 Å². The summed E-state index contributed by atoms with van der Waals surface area (Å²) in [6.45, 7) is 4.26. The minimum atomic E-state index is -0.0718. The van der Waals surface area contributed by atoms with Crippen LogP contribution in [0.3, 0.4) is 0 Å². The van der Waals surface area contributed by atoms with Crippen LogP contribution in [-0.2, 0) is 12.8 Å². The van der Waals surface area contributed by atoms with Crippen molar-refractivity contribution < 1.29 is 4.74 Å². The van der Waals surface area contributed by atoms with E-state index in [0.717, 1.165) is 18.6 Å². The Balaban J connectivity index is 2.22. The van der Waals surface area contributed by atoms with E-state index in [0.29, 0.717) is 5.92 Å². The molecule has 0 bridgehead atoms. The molecule has 88 valence electrons. The van der Waals surface area contributed by atoms with Crippen molar-refractivity contribution in [3.05, 3.63) is 29.3 Å². The molecule has 0 spiro atoms. The van der Waals surface area contributed by atoms with Gasteiger partial charge in [-0.15, -0.1) is 0 Å². The van der Waals surface area contributed by atoms with Gasteiger partial charge in [0, 0.05) is 5.54 Å². The van der Waals surface area contributed by atoms with Gasteiger partial charge in [-0.1, -0.05) is 6.07 Å². The maximum Gasteiger partial charge on any atom is 0.119 e. The van der Waals surface area contributed by atoms with E-state index < -0.39 is 0 Å². The highest BCUT2D eigenvalue weighted by Gasteiger charge is 2.29. The third-order valence-corrected chi connectivity index (χ3v) is 3.69. The molecule has 1 aromatic rings. The molecule has 1 aliphatic carbocycles. The number of fused-ring (bicyclic) bond motifs is 1. The lowest BCUT2D eigenvalue weighted by molar-refractivity contribution is 0.288. The molecular formula is C14H21NO. The number of ether oxygens (including phenoxy) is 1. The molecule has 1 aliphatic rings. The van der Waals surface area contributed by atoms with Gasteiger partial charge in [-0.2, -0.15) is 0 Å². The third-order valence-electron chi connectivity index (χ3n) is 3.69. The highest BCUT2D eigenvalue weighted by molar-refractivity contribution is 5.37. The van der Waals surface area contributed by atoms with Crippen molar-refractivity contribution in [2.45, 2.75) is 38.6 Å². The van der Waals surface area contributed by atoms with Gasteiger partial charge in [-0.05, 0) is 62.3 Å². The zero-order valence-corrected chi connectivity index (χ0v) is 10.4. The molecule has 0 amide bonds. The van der Waals surface area contributed by atoms with Crippen LogP contribution in [0.5, 0.6) is 5.75 Å². The lowest BCUT2D eigenvalue weighted by Gasteiger charge is -2.34. The molecule has 0 saturated carbocycles. The van der Waals surface area contributed by atoms with E-state index in [2.05, 4.69) is 26.0 Å². The van der Waals surface area contributed by atoms with E-state index in [-0.39, 0.29) is 5.54 Å². The first-order chi connectivity index (χ1) is 7.50. The fraction of sp³-hybridized carbons (Fsp3) is 0.571. The second-order valence-electron chi connectivity index (χ2n) is 5.40. The van der Waals surface area contributed by atoms with Gasteiger partial charge in [0.15, 0.2) is 0 Å². The van der Waals surface area contributed by atoms with Crippen molar-refractivity contribution in [2.24, 2.45) is 11.7 Å². The molecule has 1 aromatic carbocycles. The van der Waals surface area contributed by atoms with E-state index in [4.69, 9.17) is 10.5 Å². The van der Waals surface area contributed by atoms with Crippen LogP contribution in [0.4, 0.5) is 0 Å². The summed E-state index contributed by atoms with van der Waals surface area (Å²) in [6.07, 6.45) is 3.41. The van der Waals surface area contributed by atoms with Gasteiger partial charge in [-0.3, -0.25) is 0 Å². The Morgan fingerprint density at radius 1 is 1.31 bits per heavy atom. The summed E-state index contributed by atoms with van der Waals surface area (Å²) < 4.78 is 5.25. The van der Waals surface area contributed by atoms with Gasteiger partial charge in [0.25, 0.3) is 0 Å². The highest BCUT2D eigenvalue weighted by atomic mass is 16.5. The topological polar surface area (TPSA) is 35.2 Å². The molecule has 0 radical (unpaired) electrons. The maximum absolute atomic E-state index is 6.20. The molecule has 0 aromatic heterocycles. The fourth-order valence-corrected chi connectivity index (χ4v) is 2.49. The van der Waals surface area contributed by atoms with E-state index >= 15 is 0 Å². The summed E-state index contributed by atoms with van der Waals surface area (Å²) >= 11 is 0. The minimum absolute atomic E-state index is 0.0718. The van der Waals surface area contributed by atoms with Crippen molar-refractivity contribution in [1.82, 2.24) is 0 Å². The summed E-state index contributed by atoms with van der Waals surface area (Å²) in [5, 5.41) is 0. The Hall–Kier alpha value is -1.02. The molecule has 0 saturated heterocycles. The summed E-state index contributed by atoms with van der Waals surface area (Å²) in [5.41, 5.74) is 9.00. The molecule has 0 heterocycles. The van der Waals surface area contributed by atoms with Crippen LogP contribution in [0.2, 0.25) is 0 Å². The molecule has 0 aliphatic heterocycles. The Morgan fingerprint density at radius 2 is 2.06 bits per heavy atom. The predicted molar refractivity (Wildman–Crippen MR) is 66.8 cm³/mol. The Kier molecular flexibility index (Phi) is 2.94. The SMILES string of the molecule is COc1ccc2c(c1)CCC(C(C)(C)N)C2. The lowest BCUT2D eigenvalue weighted by Crippen LogP contribution is -2.43. The monoisotopic (exact) mass is 219 g/mol. The van der Waals surface area contributed by atoms with E-state index in [1.165, 1.54) is 17.5 Å². The number of benzene rings is 1. The lowest BCUT2D eigenvalue weighted by atomic mass is 9.75. The average molecular weight is 219 g/mol. The molecule has 0 fully saturated rings. The molecular weight excluding hydrogens is 198 g/mol. The van der Waals surface area contributed by atoms with Gasteiger partial charge in [0.1, 0.15) is 5.75 Å². The Morgan fingerprint density at radius 3 is 2.69 bits per heavy atom. The molecule has 1 atom stereocenters. The predicted octanol–water partition coefficient (Wildman–Crippen LogP) is 2.54. The van der Waals surface area contributed by atoms with Gasteiger partial charge >= 0.3 is 0 Å². The maximum atomic E-state index is 6.20. The van der Waals surface area contributed by atoms with Crippen LogP contribution >= 0.6 is 0 Å². The van der Waals surface area contributed by atoms with Gasteiger partial charge < -0.3 is 10.5 Å². The van der Waals surface area contributed by atoms with Crippen molar-refractivity contribution in [1.29, 1.82) is 0 Å². The smallest absolute Gasteiger partial charge is 0.119 e. The third kappa shape index (κ3) is 2.22. The van der Waals surface area contributed by atoms with E-state index in [9.17, 15) is 0 Å². The first-order valence-electron chi connectivity index (χ1n) is 5.95. The number of aryl methyl sites for hydroxylation is 1. The second kappa shape index (κ2) is 4.10. The molecule has 2 nitrogen and oxygen atoms in total. The first-order valence-corrected chi connectivity index (χ1v) is 5.95. The standard InChI is InChI=1S/C14H21NO/c1-14(2,15)12-6-4-11-9-13(16-3)7-5-10(11)8-12/h5,7,9,12H,4,6,8,15H2,1-3H3. The molecule has 1 unspecified atom stereocenters. The van der Waals surface area contributed by atoms with Crippen LogP contribution in [0, 0.1) is 5.92 Å². The summed E-state index contributed by atoms with van der Waals surface area (Å²) in [6, 6.07) is 6.39. The fourth-order valence-electron chi connectivity index (χ4n) is 2.49. The van der Waals surface area contributed by atoms with E-state index in [1.807, 2.05) is 6.07 Å². The Labute approximate surface area is 97.8 Å². The van der Waals surface area contributed by atoms with Crippen molar-refractivity contribution in [3.63, 3.8) is 0 Å². The number of rotatable bonds is 2. The number of hydrogen-bond acceptors (Lipinski definition) is 2. The number of nitrogens with two attached hydrogens (primary N) is 1. The summed E-state index contributed by atoms with van der Waals surface area (Å²) in [7, 11) is 1.72. The van der Waals surface area contributed by atoms with Gasteiger partial charge in [0.2, 0.25) is 0 Å². The summed E-state index contributed by atoms with van der Waals surface area (Å²) in [4.78, 5) is 0. The zero-order chi connectivity index (χ0) is 11.8. The second-order valence-corrected chi connectivity index (χ2v) is 5.40. The van der Waals surface area contributed by atoms with Gasteiger partial charge in [0.05, 0.1) is 7.11 Å². The first kappa shape index (κ1) is 11.5. The number of methoxy groups -OCH3 is 1. The number of hydrogen-bond donors (Lipinski definition) is 1. The van der Waals surface area contributed by atoms with Gasteiger partial charge in [-0.25, -0.2) is 0 Å². The largest absolute Gasteiger partial charge is 0.497 e. The van der Waals surface area contributed by atoms with Crippen LogP contribution in [0.1, 0.15) is 31.4 Å².